The zero-order valence-electron chi connectivity index (χ0n) is 15.4. The Bertz CT molecular complexity index is 972. The molecular formula is C22H23NO4. The minimum absolute atomic E-state index is 0.0278. The quantitative estimate of drug-likeness (QED) is 0.693. The Morgan fingerprint density at radius 2 is 1.85 bits per heavy atom. The average Bonchev–Trinajstić information content (AvgIpc) is 2.70. The molecule has 1 aliphatic rings. The van der Waals surface area contributed by atoms with Crippen LogP contribution >= 0.6 is 0 Å². The van der Waals surface area contributed by atoms with Gasteiger partial charge in [-0.1, -0.05) is 29.8 Å². The molecule has 4 rings (SSSR count). The van der Waals surface area contributed by atoms with E-state index in [1.54, 1.807) is 12.1 Å². The van der Waals surface area contributed by atoms with Gasteiger partial charge >= 0.3 is 0 Å². The highest BCUT2D eigenvalue weighted by Crippen LogP contribution is 2.23. The van der Waals surface area contributed by atoms with Gasteiger partial charge in [0.05, 0.1) is 24.2 Å². The molecule has 1 aromatic heterocycles. The van der Waals surface area contributed by atoms with E-state index in [0.717, 1.165) is 44.0 Å². The van der Waals surface area contributed by atoms with E-state index in [1.807, 2.05) is 37.3 Å². The summed E-state index contributed by atoms with van der Waals surface area (Å²) in [6.07, 6.45) is 1.53. The molecule has 0 spiro atoms. The maximum absolute atomic E-state index is 12.8. The van der Waals surface area contributed by atoms with Crippen LogP contribution in [0, 0.1) is 6.92 Å². The molecule has 0 atom stereocenters. The lowest BCUT2D eigenvalue weighted by Crippen LogP contribution is -2.38. The van der Waals surface area contributed by atoms with E-state index in [9.17, 15) is 4.79 Å². The first-order valence-electron chi connectivity index (χ1n) is 9.26. The van der Waals surface area contributed by atoms with Crippen molar-refractivity contribution in [2.45, 2.75) is 6.92 Å². The van der Waals surface area contributed by atoms with Gasteiger partial charge in [-0.25, -0.2) is 0 Å². The predicted octanol–water partition coefficient (Wildman–Crippen LogP) is 3.48. The summed E-state index contributed by atoms with van der Waals surface area (Å²) in [6, 6.07) is 13.3. The molecule has 0 amide bonds. The second-order valence-corrected chi connectivity index (χ2v) is 6.80. The molecule has 0 saturated carbocycles. The van der Waals surface area contributed by atoms with E-state index in [0.29, 0.717) is 28.9 Å². The van der Waals surface area contributed by atoms with Crippen molar-refractivity contribution in [2.24, 2.45) is 0 Å². The Morgan fingerprint density at radius 1 is 1.07 bits per heavy atom. The zero-order chi connectivity index (χ0) is 18.6. The highest BCUT2D eigenvalue weighted by Gasteiger charge is 2.12. The van der Waals surface area contributed by atoms with Gasteiger partial charge in [-0.15, -0.1) is 0 Å². The van der Waals surface area contributed by atoms with Crippen molar-refractivity contribution in [1.29, 1.82) is 0 Å². The van der Waals surface area contributed by atoms with Crippen molar-refractivity contribution in [2.75, 3.05) is 39.5 Å². The van der Waals surface area contributed by atoms with Crippen LogP contribution in [0.1, 0.15) is 5.56 Å². The van der Waals surface area contributed by atoms with E-state index in [2.05, 4.69) is 4.90 Å². The number of aryl methyl sites for hydroxylation is 1. The summed E-state index contributed by atoms with van der Waals surface area (Å²) in [4.78, 5) is 15.1. The molecule has 3 aromatic rings. The van der Waals surface area contributed by atoms with Gasteiger partial charge in [-0.2, -0.15) is 0 Å². The lowest BCUT2D eigenvalue weighted by Gasteiger charge is -2.26. The summed E-state index contributed by atoms with van der Waals surface area (Å²) in [7, 11) is 0. The standard InChI is InChI=1S/C22H23NO4/c1-16-2-4-17(5-3-16)20-15-27-21-14-18(6-7-19(21)22(20)24)26-13-10-23-8-11-25-12-9-23/h2-7,14-15H,8-13H2,1H3. The van der Waals surface area contributed by atoms with E-state index < -0.39 is 0 Å². The molecule has 2 heterocycles. The Labute approximate surface area is 158 Å². The molecule has 2 aromatic carbocycles. The van der Waals surface area contributed by atoms with Crippen LogP contribution in [0.25, 0.3) is 22.1 Å². The summed E-state index contributed by atoms with van der Waals surface area (Å²) in [5, 5.41) is 0.564. The van der Waals surface area contributed by atoms with Crippen molar-refractivity contribution < 1.29 is 13.9 Å². The molecule has 0 N–H and O–H groups in total. The number of morpholine rings is 1. The molecule has 1 fully saturated rings. The van der Waals surface area contributed by atoms with Crippen molar-refractivity contribution in [3.05, 3.63) is 64.5 Å². The third-order valence-electron chi connectivity index (χ3n) is 4.89. The zero-order valence-corrected chi connectivity index (χ0v) is 15.4. The van der Waals surface area contributed by atoms with Crippen LogP contribution in [-0.4, -0.2) is 44.4 Å². The van der Waals surface area contributed by atoms with Gasteiger partial charge in [0.15, 0.2) is 5.43 Å². The summed E-state index contributed by atoms with van der Waals surface area (Å²) in [5.74, 6) is 0.710. The van der Waals surface area contributed by atoms with Crippen LogP contribution < -0.4 is 10.2 Å². The molecule has 0 radical (unpaired) electrons. The first-order chi connectivity index (χ1) is 13.2. The molecule has 1 aliphatic heterocycles. The van der Waals surface area contributed by atoms with Gasteiger partial charge in [0.2, 0.25) is 0 Å². The van der Waals surface area contributed by atoms with E-state index in [1.165, 1.54) is 6.26 Å². The highest BCUT2D eigenvalue weighted by molar-refractivity contribution is 5.82. The second-order valence-electron chi connectivity index (χ2n) is 6.80. The first-order valence-corrected chi connectivity index (χ1v) is 9.26. The molecule has 1 saturated heterocycles. The SMILES string of the molecule is Cc1ccc(-c2coc3cc(OCCN4CCOCC4)ccc3c2=O)cc1. The number of nitrogens with zero attached hydrogens (tertiary/aromatic N) is 1. The first kappa shape index (κ1) is 17.8. The summed E-state index contributed by atoms with van der Waals surface area (Å²) in [5.41, 5.74) is 3.10. The maximum atomic E-state index is 12.8. The number of fused-ring (bicyclic) bond motifs is 1. The summed E-state index contributed by atoms with van der Waals surface area (Å²) < 4.78 is 16.9. The Hall–Kier alpha value is -2.63. The van der Waals surface area contributed by atoms with Crippen molar-refractivity contribution in [3.63, 3.8) is 0 Å². The molecule has 0 aliphatic carbocycles. The van der Waals surface area contributed by atoms with Gasteiger partial charge in [0.25, 0.3) is 0 Å². The van der Waals surface area contributed by atoms with Gasteiger partial charge in [-0.05, 0) is 24.6 Å². The van der Waals surface area contributed by atoms with E-state index >= 15 is 0 Å². The lowest BCUT2D eigenvalue weighted by atomic mass is 10.0. The highest BCUT2D eigenvalue weighted by atomic mass is 16.5. The topological polar surface area (TPSA) is 51.9 Å². The normalized spacial score (nSPS) is 15.1. The number of ether oxygens (including phenoxy) is 2. The monoisotopic (exact) mass is 365 g/mol. The predicted molar refractivity (Wildman–Crippen MR) is 105 cm³/mol. The van der Waals surface area contributed by atoms with Crippen LogP contribution in [-0.2, 0) is 4.74 Å². The molecule has 0 unspecified atom stereocenters. The van der Waals surface area contributed by atoms with Gasteiger partial charge < -0.3 is 13.9 Å². The number of rotatable bonds is 5. The van der Waals surface area contributed by atoms with Gasteiger partial charge in [0, 0.05) is 25.7 Å². The maximum Gasteiger partial charge on any atom is 0.200 e. The minimum atomic E-state index is -0.0278. The Kier molecular flexibility index (Phi) is 5.23. The number of hydrogen-bond acceptors (Lipinski definition) is 5. The average molecular weight is 365 g/mol. The fraction of sp³-hybridized carbons (Fsp3) is 0.318. The molecule has 5 heteroatoms. The minimum Gasteiger partial charge on any atom is -0.492 e. The van der Waals surface area contributed by atoms with E-state index in [-0.39, 0.29) is 5.43 Å². The smallest absolute Gasteiger partial charge is 0.200 e. The van der Waals surface area contributed by atoms with E-state index in [4.69, 9.17) is 13.9 Å². The van der Waals surface area contributed by atoms with Crippen LogP contribution in [0.15, 0.2) is 57.9 Å². The fourth-order valence-corrected chi connectivity index (χ4v) is 3.25. The van der Waals surface area contributed by atoms with Gasteiger partial charge in [-0.3, -0.25) is 9.69 Å². The Morgan fingerprint density at radius 3 is 2.63 bits per heavy atom. The molecule has 5 nitrogen and oxygen atoms in total. The number of benzene rings is 2. The van der Waals surface area contributed by atoms with Crippen LogP contribution in [0.3, 0.4) is 0 Å². The third-order valence-corrected chi connectivity index (χ3v) is 4.89. The lowest BCUT2D eigenvalue weighted by molar-refractivity contribution is 0.0322. The Balaban J connectivity index is 1.50. The molecule has 140 valence electrons. The van der Waals surface area contributed by atoms with Crippen LogP contribution in [0.5, 0.6) is 5.75 Å². The van der Waals surface area contributed by atoms with Gasteiger partial charge in [0.1, 0.15) is 24.2 Å². The fourth-order valence-electron chi connectivity index (χ4n) is 3.25. The summed E-state index contributed by atoms with van der Waals surface area (Å²) in [6.45, 7) is 6.92. The molecule has 0 bridgehead atoms. The van der Waals surface area contributed by atoms with Crippen molar-refractivity contribution in [3.8, 4) is 16.9 Å². The third kappa shape index (κ3) is 4.04. The molecule has 27 heavy (non-hydrogen) atoms. The number of hydrogen-bond donors (Lipinski definition) is 0. The van der Waals surface area contributed by atoms with Crippen LogP contribution in [0.4, 0.5) is 0 Å². The van der Waals surface area contributed by atoms with Crippen molar-refractivity contribution in [1.82, 2.24) is 4.90 Å². The largest absolute Gasteiger partial charge is 0.492 e. The molecular weight excluding hydrogens is 342 g/mol. The van der Waals surface area contributed by atoms with Crippen LogP contribution in [0.2, 0.25) is 0 Å². The second kappa shape index (κ2) is 7.94. The summed E-state index contributed by atoms with van der Waals surface area (Å²) >= 11 is 0. The van der Waals surface area contributed by atoms with Crippen molar-refractivity contribution >= 4 is 11.0 Å².